The third-order valence-corrected chi connectivity index (χ3v) is 9.83. The van der Waals surface area contributed by atoms with Crippen LogP contribution in [-0.4, -0.2) is 39.4 Å². The minimum absolute atomic E-state index is 0.0745. The normalized spacial score (nSPS) is 14.8. The highest BCUT2D eigenvalue weighted by atomic mass is 35.5. The summed E-state index contributed by atoms with van der Waals surface area (Å²) >= 11 is 6.48. The van der Waals surface area contributed by atoms with Gasteiger partial charge >= 0.3 is 0 Å². The first-order valence-electron chi connectivity index (χ1n) is 14.2. The second-order valence-corrected chi connectivity index (χ2v) is 13.7. The van der Waals surface area contributed by atoms with Gasteiger partial charge in [-0.15, -0.1) is 0 Å². The number of anilines is 1. The minimum Gasteiger partial charge on any atom is -0.321 e. The molecule has 1 atom stereocenters. The van der Waals surface area contributed by atoms with Crippen molar-refractivity contribution in [1.82, 2.24) is 19.3 Å². The molecule has 1 saturated carbocycles. The molecule has 0 radical (unpaired) electrons. The Morgan fingerprint density at radius 1 is 1.09 bits per heavy atom. The monoisotopic (exact) mass is 698 g/mol. The molecule has 47 heavy (non-hydrogen) atoms. The molecule has 0 spiro atoms. The predicted molar refractivity (Wildman–Crippen MR) is 164 cm³/mol. The summed E-state index contributed by atoms with van der Waals surface area (Å²) in [5.41, 5.74) is 4.75. The number of nitrogens with two attached hydrogens (primary N) is 1. The molecule has 6 rings (SSSR count). The second-order valence-electron chi connectivity index (χ2n) is 11.4. The van der Waals surface area contributed by atoms with Crippen LogP contribution < -0.4 is 16.0 Å². The van der Waals surface area contributed by atoms with E-state index in [-0.39, 0.29) is 56.1 Å². The maximum atomic E-state index is 14.2. The van der Waals surface area contributed by atoms with Gasteiger partial charge in [-0.05, 0) is 61.2 Å². The second kappa shape index (κ2) is 11.8. The lowest BCUT2D eigenvalue weighted by Gasteiger charge is -2.21. The average molecular weight is 699 g/mol. The number of fused-ring (bicyclic) bond motifs is 2. The van der Waals surface area contributed by atoms with Gasteiger partial charge in [0.05, 0.1) is 43.8 Å². The number of rotatable bonds is 10. The van der Waals surface area contributed by atoms with E-state index in [1.807, 2.05) is 0 Å². The number of aromatic nitrogens is 4. The summed E-state index contributed by atoms with van der Waals surface area (Å²) < 4.78 is 114. The standard InChI is InChI=1S/C30H25ClF6N6O3S/c1-30(36,37)15-2-5-19-22(11-15)39-28(21(38)10-14-8-16(32)12-17(33)9-14)43(29(19)44)23-7-6-20(31)25-26(23)42(13-24(34)35)40-27(25)41-47(45,46)18-3-4-18/h2,5-9,11-12,18,21,24H,3-4,10,13,38H2,1H3,(H,40,41)/t21-/m0/s1. The summed E-state index contributed by atoms with van der Waals surface area (Å²) in [4.78, 5) is 18.6. The fourth-order valence-corrected chi connectivity index (χ4v) is 6.98. The van der Waals surface area contributed by atoms with Crippen LogP contribution in [0.25, 0.3) is 27.5 Å². The van der Waals surface area contributed by atoms with Crippen molar-refractivity contribution >= 4 is 49.2 Å². The fraction of sp³-hybridized carbons (Fsp3) is 0.300. The molecule has 0 aliphatic heterocycles. The van der Waals surface area contributed by atoms with Crippen LogP contribution in [0.3, 0.4) is 0 Å². The van der Waals surface area contributed by atoms with Crippen molar-refractivity contribution in [3.8, 4) is 5.69 Å². The molecule has 3 aromatic carbocycles. The van der Waals surface area contributed by atoms with Gasteiger partial charge in [-0.3, -0.25) is 18.8 Å². The van der Waals surface area contributed by atoms with Crippen LogP contribution in [0.15, 0.2) is 53.3 Å². The van der Waals surface area contributed by atoms with Crippen molar-refractivity contribution in [2.45, 2.75) is 56.4 Å². The number of nitrogens with zero attached hydrogens (tertiary/aromatic N) is 4. The number of hydrogen-bond donors (Lipinski definition) is 2. The van der Waals surface area contributed by atoms with E-state index in [9.17, 15) is 39.6 Å². The number of nitrogens with one attached hydrogen (secondary N) is 1. The highest BCUT2D eigenvalue weighted by Crippen LogP contribution is 2.38. The van der Waals surface area contributed by atoms with Gasteiger partial charge in [-0.25, -0.2) is 39.7 Å². The maximum Gasteiger partial charge on any atom is 0.270 e. The zero-order valence-corrected chi connectivity index (χ0v) is 25.9. The summed E-state index contributed by atoms with van der Waals surface area (Å²) in [6.45, 7) is -0.381. The Morgan fingerprint density at radius 3 is 2.38 bits per heavy atom. The lowest BCUT2D eigenvalue weighted by molar-refractivity contribution is 0.0176. The van der Waals surface area contributed by atoms with Gasteiger partial charge in [0.15, 0.2) is 5.82 Å². The molecule has 17 heteroatoms. The van der Waals surface area contributed by atoms with Gasteiger partial charge < -0.3 is 5.73 Å². The quantitative estimate of drug-likeness (QED) is 0.168. The highest BCUT2D eigenvalue weighted by Gasteiger charge is 2.37. The van der Waals surface area contributed by atoms with Crippen LogP contribution in [0.2, 0.25) is 5.02 Å². The van der Waals surface area contributed by atoms with E-state index in [1.165, 1.54) is 12.1 Å². The molecular weight excluding hydrogens is 674 g/mol. The summed E-state index contributed by atoms with van der Waals surface area (Å²) in [6, 6.07) is 7.10. The van der Waals surface area contributed by atoms with E-state index >= 15 is 0 Å². The number of sulfonamides is 1. The molecule has 1 fully saturated rings. The molecule has 9 nitrogen and oxygen atoms in total. The number of halogens is 7. The molecule has 2 heterocycles. The van der Waals surface area contributed by atoms with Gasteiger partial charge in [-0.2, -0.15) is 5.10 Å². The molecule has 2 aromatic heterocycles. The van der Waals surface area contributed by atoms with E-state index < -0.39 is 63.0 Å². The Balaban J connectivity index is 1.64. The molecule has 5 aromatic rings. The molecule has 0 saturated heterocycles. The molecule has 1 aliphatic carbocycles. The van der Waals surface area contributed by atoms with Gasteiger partial charge in [0.1, 0.15) is 24.0 Å². The van der Waals surface area contributed by atoms with Gasteiger partial charge in [-0.1, -0.05) is 17.7 Å². The Hall–Kier alpha value is -4.15. The minimum atomic E-state index is -3.95. The van der Waals surface area contributed by atoms with Crippen molar-refractivity contribution < 1.29 is 34.8 Å². The zero-order valence-electron chi connectivity index (χ0n) is 24.3. The van der Waals surface area contributed by atoms with E-state index in [4.69, 9.17) is 17.3 Å². The van der Waals surface area contributed by atoms with Crippen LogP contribution in [0.1, 0.15) is 42.8 Å². The first-order valence-corrected chi connectivity index (χ1v) is 16.1. The zero-order chi connectivity index (χ0) is 34.0. The van der Waals surface area contributed by atoms with E-state index in [0.717, 1.165) is 39.6 Å². The third kappa shape index (κ3) is 6.41. The topological polar surface area (TPSA) is 125 Å². The maximum absolute atomic E-state index is 14.2. The SMILES string of the molecule is CC(F)(F)c1ccc2c(=O)n(-c3ccc(Cl)c4c(NS(=O)(=O)C5CC5)nn(CC(F)F)c34)c([C@@H](N)Cc3cc(F)cc(F)c3)nc2c1. The summed E-state index contributed by atoms with van der Waals surface area (Å²) in [7, 11) is -3.95. The van der Waals surface area contributed by atoms with Crippen molar-refractivity contribution in [3.05, 3.63) is 92.5 Å². The lowest BCUT2D eigenvalue weighted by Crippen LogP contribution is -2.30. The summed E-state index contributed by atoms with van der Waals surface area (Å²) in [6.07, 6.45) is -2.49. The van der Waals surface area contributed by atoms with Crippen LogP contribution in [-0.2, 0) is 28.9 Å². The highest BCUT2D eigenvalue weighted by molar-refractivity contribution is 7.93. The van der Waals surface area contributed by atoms with Gasteiger partial charge in [0, 0.05) is 18.6 Å². The average Bonchev–Trinajstić information content (AvgIpc) is 3.77. The van der Waals surface area contributed by atoms with Gasteiger partial charge in [0.25, 0.3) is 17.9 Å². The van der Waals surface area contributed by atoms with Crippen molar-refractivity contribution in [3.63, 3.8) is 0 Å². The van der Waals surface area contributed by atoms with Gasteiger partial charge in [0.2, 0.25) is 10.0 Å². The number of hydrogen-bond acceptors (Lipinski definition) is 6. The lowest BCUT2D eigenvalue weighted by atomic mass is 10.0. The van der Waals surface area contributed by atoms with E-state index in [1.54, 1.807) is 0 Å². The fourth-order valence-electron chi connectivity index (χ4n) is 5.41. The van der Waals surface area contributed by atoms with Crippen molar-refractivity contribution in [1.29, 1.82) is 0 Å². The smallest absolute Gasteiger partial charge is 0.270 e. The van der Waals surface area contributed by atoms with Crippen LogP contribution >= 0.6 is 11.6 Å². The Morgan fingerprint density at radius 2 is 1.77 bits per heavy atom. The van der Waals surface area contributed by atoms with Crippen molar-refractivity contribution in [2.75, 3.05) is 4.72 Å². The Bertz CT molecular complexity index is 2200. The van der Waals surface area contributed by atoms with Crippen LogP contribution in [0.4, 0.5) is 32.2 Å². The number of benzene rings is 3. The Labute approximate surface area is 268 Å². The largest absolute Gasteiger partial charge is 0.321 e. The Kier molecular flexibility index (Phi) is 8.25. The third-order valence-electron chi connectivity index (χ3n) is 7.69. The molecular formula is C30H25ClF6N6O3S. The summed E-state index contributed by atoms with van der Waals surface area (Å²) in [5, 5.41) is 3.05. The van der Waals surface area contributed by atoms with E-state index in [2.05, 4.69) is 14.8 Å². The summed E-state index contributed by atoms with van der Waals surface area (Å²) in [5.74, 6) is -5.74. The number of alkyl halides is 4. The van der Waals surface area contributed by atoms with Crippen molar-refractivity contribution in [2.24, 2.45) is 5.73 Å². The van der Waals surface area contributed by atoms with Crippen LogP contribution in [0, 0.1) is 11.6 Å². The predicted octanol–water partition coefficient (Wildman–Crippen LogP) is 6.19. The molecule has 3 N–H and O–H groups in total. The first-order chi connectivity index (χ1) is 22.0. The first kappa shape index (κ1) is 32.8. The molecule has 0 unspecified atom stereocenters. The molecule has 0 bridgehead atoms. The molecule has 1 aliphatic rings. The molecule has 248 valence electrons. The van der Waals surface area contributed by atoms with E-state index in [0.29, 0.717) is 25.8 Å². The van der Waals surface area contributed by atoms with Crippen LogP contribution in [0.5, 0.6) is 0 Å². The molecule has 0 amide bonds.